The van der Waals surface area contributed by atoms with Gasteiger partial charge in [0.1, 0.15) is 11.3 Å². The molecule has 5 nitrogen and oxygen atoms in total. The van der Waals surface area contributed by atoms with Crippen molar-refractivity contribution in [2.45, 2.75) is 33.1 Å². The number of rotatable bonds is 6. The number of hydrogen-bond donors (Lipinski definition) is 1. The van der Waals surface area contributed by atoms with Gasteiger partial charge in [0.05, 0.1) is 0 Å². The van der Waals surface area contributed by atoms with Crippen molar-refractivity contribution in [2.75, 3.05) is 6.54 Å². The van der Waals surface area contributed by atoms with Gasteiger partial charge in [-0.05, 0) is 18.6 Å². The molecule has 0 bridgehead atoms. The Labute approximate surface area is 119 Å². The molecule has 0 unspecified atom stereocenters. The van der Waals surface area contributed by atoms with Crippen LogP contribution in [-0.2, 0) is 18.3 Å². The summed E-state index contributed by atoms with van der Waals surface area (Å²) < 4.78 is 1.98. The van der Waals surface area contributed by atoms with E-state index in [1.54, 1.807) is 6.20 Å². The largest absolute Gasteiger partial charge is 0.355 e. The first-order valence-electron chi connectivity index (χ1n) is 7.17. The summed E-state index contributed by atoms with van der Waals surface area (Å²) in [6.07, 6.45) is 4.45. The number of hydrogen-bond acceptors (Lipinski definition) is 3. The Bertz CT molecular complexity index is 591. The molecule has 108 valence electrons. The highest BCUT2D eigenvalue weighted by molar-refractivity contribution is 5.78. The van der Waals surface area contributed by atoms with Gasteiger partial charge in [0.2, 0.25) is 5.91 Å². The van der Waals surface area contributed by atoms with E-state index in [-0.39, 0.29) is 11.8 Å². The SMILES string of the molecule is CCC[C@@H](C)C(=O)NCCc1nc2cccnc2n1C. The molecule has 2 aromatic rings. The van der Waals surface area contributed by atoms with E-state index < -0.39 is 0 Å². The maximum absolute atomic E-state index is 11.8. The lowest BCUT2D eigenvalue weighted by Crippen LogP contribution is -2.31. The predicted molar refractivity (Wildman–Crippen MR) is 79.3 cm³/mol. The van der Waals surface area contributed by atoms with E-state index in [9.17, 15) is 4.79 Å². The van der Waals surface area contributed by atoms with Gasteiger partial charge in [-0.15, -0.1) is 0 Å². The molecule has 0 aliphatic heterocycles. The summed E-state index contributed by atoms with van der Waals surface area (Å²) in [5, 5.41) is 2.97. The average molecular weight is 274 g/mol. The third-order valence-electron chi connectivity index (χ3n) is 3.54. The molecule has 20 heavy (non-hydrogen) atoms. The Balaban J connectivity index is 1.93. The van der Waals surface area contributed by atoms with Crippen molar-refractivity contribution < 1.29 is 4.79 Å². The summed E-state index contributed by atoms with van der Waals surface area (Å²) in [4.78, 5) is 20.7. The summed E-state index contributed by atoms with van der Waals surface area (Å²) >= 11 is 0. The van der Waals surface area contributed by atoms with Crippen LogP contribution < -0.4 is 5.32 Å². The van der Waals surface area contributed by atoms with Crippen molar-refractivity contribution in [3.63, 3.8) is 0 Å². The number of pyridine rings is 1. The monoisotopic (exact) mass is 274 g/mol. The number of imidazole rings is 1. The molecule has 0 aromatic carbocycles. The van der Waals surface area contributed by atoms with Crippen LogP contribution in [-0.4, -0.2) is 27.0 Å². The van der Waals surface area contributed by atoms with E-state index >= 15 is 0 Å². The predicted octanol–water partition coefficient (Wildman–Crippen LogP) is 2.06. The van der Waals surface area contributed by atoms with Gasteiger partial charge >= 0.3 is 0 Å². The lowest BCUT2D eigenvalue weighted by molar-refractivity contribution is -0.124. The number of nitrogens with zero attached hydrogens (tertiary/aromatic N) is 3. The maximum atomic E-state index is 11.8. The molecule has 5 heteroatoms. The van der Waals surface area contributed by atoms with E-state index in [0.29, 0.717) is 6.54 Å². The fraction of sp³-hybridized carbons (Fsp3) is 0.533. The van der Waals surface area contributed by atoms with Crippen LogP contribution >= 0.6 is 0 Å². The van der Waals surface area contributed by atoms with Crippen LogP contribution in [0.3, 0.4) is 0 Å². The van der Waals surface area contributed by atoms with Crippen LogP contribution in [0.25, 0.3) is 11.2 Å². The average Bonchev–Trinajstić information content (AvgIpc) is 2.76. The minimum atomic E-state index is 0.0853. The number of aromatic nitrogens is 3. The van der Waals surface area contributed by atoms with Crippen molar-refractivity contribution in [3.05, 3.63) is 24.2 Å². The Morgan fingerprint density at radius 2 is 2.30 bits per heavy atom. The van der Waals surface area contributed by atoms with Crippen molar-refractivity contribution >= 4 is 17.1 Å². The van der Waals surface area contributed by atoms with Gasteiger partial charge in [-0.3, -0.25) is 4.79 Å². The van der Waals surface area contributed by atoms with Gasteiger partial charge in [0, 0.05) is 32.1 Å². The van der Waals surface area contributed by atoms with Gasteiger partial charge < -0.3 is 9.88 Å². The summed E-state index contributed by atoms with van der Waals surface area (Å²) in [7, 11) is 1.96. The van der Waals surface area contributed by atoms with Crippen LogP contribution in [0.1, 0.15) is 32.5 Å². The van der Waals surface area contributed by atoms with Gasteiger partial charge in [-0.2, -0.15) is 0 Å². The van der Waals surface area contributed by atoms with E-state index in [1.165, 1.54) is 0 Å². The van der Waals surface area contributed by atoms with Crippen molar-refractivity contribution in [3.8, 4) is 0 Å². The second-order valence-electron chi connectivity index (χ2n) is 5.16. The number of amides is 1. The molecule has 0 saturated carbocycles. The van der Waals surface area contributed by atoms with Crippen molar-refractivity contribution in [2.24, 2.45) is 13.0 Å². The molecule has 2 heterocycles. The second kappa shape index (κ2) is 6.50. The van der Waals surface area contributed by atoms with Gasteiger partial charge in [-0.1, -0.05) is 20.3 Å². The van der Waals surface area contributed by atoms with Crippen LogP contribution in [0.4, 0.5) is 0 Å². The molecule has 0 aliphatic rings. The van der Waals surface area contributed by atoms with Crippen molar-refractivity contribution in [1.82, 2.24) is 19.9 Å². The Kier molecular flexibility index (Phi) is 4.71. The Morgan fingerprint density at radius 1 is 1.50 bits per heavy atom. The van der Waals surface area contributed by atoms with E-state index in [0.717, 1.165) is 36.3 Å². The molecule has 1 N–H and O–H groups in total. The fourth-order valence-corrected chi connectivity index (χ4v) is 2.33. The summed E-state index contributed by atoms with van der Waals surface area (Å²) in [5.41, 5.74) is 1.78. The first-order chi connectivity index (χ1) is 9.63. The number of nitrogens with one attached hydrogen (secondary N) is 1. The zero-order chi connectivity index (χ0) is 14.5. The zero-order valence-electron chi connectivity index (χ0n) is 12.4. The van der Waals surface area contributed by atoms with Crippen LogP contribution in [0.5, 0.6) is 0 Å². The van der Waals surface area contributed by atoms with Crippen LogP contribution in [0, 0.1) is 5.92 Å². The summed E-state index contributed by atoms with van der Waals surface area (Å²) in [5.74, 6) is 1.16. The minimum absolute atomic E-state index is 0.0853. The van der Waals surface area contributed by atoms with E-state index in [4.69, 9.17) is 0 Å². The zero-order valence-corrected chi connectivity index (χ0v) is 12.4. The topological polar surface area (TPSA) is 59.8 Å². The molecule has 0 spiro atoms. The van der Waals surface area contributed by atoms with E-state index in [1.807, 2.05) is 30.7 Å². The summed E-state index contributed by atoms with van der Waals surface area (Å²) in [6, 6.07) is 3.83. The standard InChI is InChI=1S/C15H22N4O/c1-4-6-11(2)15(20)17-10-8-13-18-12-7-5-9-16-14(12)19(13)3/h5,7,9,11H,4,6,8,10H2,1-3H3,(H,17,20)/t11-/m1/s1. The van der Waals surface area contributed by atoms with Crippen LogP contribution in [0.2, 0.25) is 0 Å². The molecule has 0 aliphatic carbocycles. The summed E-state index contributed by atoms with van der Waals surface area (Å²) in [6.45, 7) is 4.68. The number of carbonyl (C=O) groups is 1. The maximum Gasteiger partial charge on any atom is 0.222 e. The first-order valence-corrected chi connectivity index (χ1v) is 7.17. The molecule has 2 aromatic heterocycles. The highest BCUT2D eigenvalue weighted by atomic mass is 16.1. The number of carbonyl (C=O) groups excluding carboxylic acids is 1. The molecule has 0 radical (unpaired) electrons. The van der Waals surface area contributed by atoms with Crippen molar-refractivity contribution in [1.29, 1.82) is 0 Å². The van der Waals surface area contributed by atoms with Gasteiger partial charge in [-0.25, -0.2) is 9.97 Å². The first kappa shape index (κ1) is 14.5. The Morgan fingerprint density at radius 3 is 3.00 bits per heavy atom. The molecule has 2 rings (SSSR count). The molecular weight excluding hydrogens is 252 g/mol. The highest BCUT2D eigenvalue weighted by Crippen LogP contribution is 2.11. The molecular formula is C15H22N4O. The smallest absolute Gasteiger partial charge is 0.222 e. The lowest BCUT2D eigenvalue weighted by atomic mass is 10.1. The van der Waals surface area contributed by atoms with Gasteiger partial charge in [0.15, 0.2) is 5.65 Å². The molecule has 1 amide bonds. The minimum Gasteiger partial charge on any atom is -0.355 e. The van der Waals surface area contributed by atoms with Crippen LogP contribution in [0.15, 0.2) is 18.3 Å². The fourth-order valence-electron chi connectivity index (χ4n) is 2.33. The third-order valence-corrected chi connectivity index (χ3v) is 3.54. The Hall–Kier alpha value is -1.91. The number of aryl methyl sites for hydroxylation is 1. The third kappa shape index (κ3) is 3.15. The molecule has 0 fully saturated rings. The quantitative estimate of drug-likeness (QED) is 0.877. The van der Waals surface area contributed by atoms with E-state index in [2.05, 4.69) is 22.2 Å². The number of fused-ring (bicyclic) bond motifs is 1. The van der Waals surface area contributed by atoms with Gasteiger partial charge in [0.25, 0.3) is 0 Å². The normalized spacial score (nSPS) is 12.6. The molecule has 0 saturated heterocycles. The molecule has 1 atom stereocenters. The lowest BCUT2D eigenvalue weighted by Gasteiger charge is -2.10. The highest BCUT2D eigenvalue weighted by Gasteiger charge is 2.12. The second-order valence-corrected chi connectivity index (χ2v) is 5.16.